The van der Waals surface area contributed by atoms with Crippen LogP contribution in [-0.2, 0) is 15.8 Å². The number of carbonyl (C=O) groups is 2. The summed E-state index contributed by atoms with van der Waals surface area (Å²) in [6, 6.07) is 4.47. The highest BCUT2D eigenvalue weighted by Gasteiger charge is 2.37. The second-order valence-corrected chi connectivity index (χ2v) is 8.18. The first-order valence-electron chi connectivity index (χ1n) is 9.68. The molecule has 6 nitrogen and oxygen atoms in total. The average molecular weight is 455 g/mol. The maximum Gasteiger partial charge on any atom is 0.417 e. The minimum absolute atomic E-state index is 0.137. The molecule has 166 valence electrons. The van der Waals surface area contributed by atoms with Gasteiger partial charge in [-0.25, -0.2) is 4.98 Å². The molecule has 1 aliphatic rings. The number of nitrogens with two attached hydrogens (primary N) is 1. The Kier molecular flexibility index (Phi) is 6.45. The lowest BCUT2D eigenvalue weighted by Crippen LogP contribution is -2.46. The van der Waals surface area contributed by atoms with Crippen LogP contribution in [0.5, 0.6) is 0 Å². The molecule has 10 heteroatoms. The van der Waals surface area contributed by atoms with Crippen LogP contribution in [0.3, 0.4) is 0 Å². The molecule has 2 amide bonds. The second-order valence-electron chi connectivity index (χ2n) is 7.77. The number of amides is 2. The molecule has 2 heterocycles. The minimum Gasteiger partial charge on any atom is -0.383 e. The third-order valence-electron chi connectivity index (χ3n) is 5.33. The second kappa shape index (κ2) is 8.74. The van der Waals surface area contributed by atoms with E-state index in [-0.39, 0.29) is 5.92 Å². The molecule has 2 atom stereocenters. The summed E-state index contributed by atoms with van der Waals surface area (Å²) in [6.07, 6.45) is -1.96. The van der Waals surface area contributed by atoms with Crippen molar-refractivity contribution >= 4 is 34.9 Å². The lowest BCUT2D eigenvalue weighted by Gasteiger charge is -2.38. The van der Waals surface area contributed by atoms with Gasteiger partial charge < -0.3 is 16.0 Å². The number of benzene rings is 1. The van der Waals surface area contributed by atoms with E-state index in [9.17, 15) is 22.8 Å². The first-order chi connectivity index (χ1) is 14.5. The van der Waals surface area contributed by atoms with Gasteiger partial charge in [0.2, 0.25) is 0 Å². The van der Waals surface area contributed by atoms with Gasteiger partial charge in [-0.3, -0.25) is 9.59 Å². The van der Waals surface area contributed by atoms with E-state index in [1.165, 1.54) is 23.2 Å². The van der Waals surface area contributed by atoms with Gasteiger partial charge in [-0.1, -0.05) is 24.6 Å². The van der Waals surface area contributed by atoms with E-state index < -0.39 is 34.6 Å². The van der Waals surface area contributed by atoms with E-state index in [1.54, 1.807) is 13.0 Å². The Balaban J connectivity index is 1.84. The molecule has 0 saturated carbocycles. The number of hydrogen-bond acceptors (Lipinski definition) is 4. The number of piperidine rings is 1. The molecule has 0 spiro atoms. The Hall–Kier alpha value is -2.81. The maximum atomic E-state index is 13.0. The zero-order valence-corrected chi connectivity index (χ0v) is 17.7. The van der Waals surface area contributed by atoms with Gasteiger partial charge >= 0.3 is 18.0 Å². The molecular weight excluding hydrogens is 433 g/mol. The molecule has 0 aliphatic carbocycles. The van der Waals surface area contributed by atoms with Crippen LogP contribution in [0.4, 0.5) is 24.7 Å². The Morgan fingerprint density at radius 3 is 2.58 bits per heavy atom. The highest BCUT2D eigenvalue weighted by atomic mass is 35.5. The molecule has 1 aromatic heterocycles. The zero-order chi connectivity index (χ0) is 22.9. The van der Waals surface area contributed by atoms with Crippen molar-refractivity contribution in [3.05, 3.63) is 52.2 Å². The molecule has 2 aromatic rings. The van der Waals surface area contributed by atoms with Gasteiger partial charge in [0.15, 0.2) is 0 Å². The van der Waals surface area contributed by atoms with Crippen molar-refractivity contribution in [1.29, 1.82) is 0 Å². The summed E-state index contributed by atoms with van der Waals surface area (Å²) in [6.45, 7) is 3.96. The fourth-order valence-corrected chi connectivity index (χ4v) is 3.96. The number of nitrogen functional groups attached to an aromatic ring is 1. The van der Waals surface area contributed by atoms with Gasteiger partial charge in [0.25, 0.3) is 0 Å². The minimum atomic E-state index is -4.57. The van der Waals surface area contributed by atoms with Crippen LogP contribution in [0.15, 0.2) is 30.5 Å². The average Bonchev–Trinajstić information content (AvgIpc) is 2.69. The summed E-state index contributed by atoms with van der Waals surface area (Å²) in [5.41, 5.74) is 6.15. The number of nitrogens with one attached hydrogen (secondary N) is 1. The quantitative estimate of drug-likeness (QED) is 0.650. The summed E-state index contributed by atoms with van der Waals surface area (Å²) in [5, 5.41) is 2.07. The fourth-order valence-electron chi connectivity index (χ4n) is 3.66. The molecule has 3 N–H and O–H groups in total. The van der Waals surface area contributed by atoms with Crippen molar-refractivity contribution < 1.29 is 22.8 Å². The van der Waals surface area contributed by atoms with Crippen LogP contribution in [0.2, 0.25) is 5.02 Å². The molecule has 1 aliphatic heterocycles. The van der Waals surface area contributed by atoms with E-state index in [2.05, 4.69) is 10.3 Å². The number of aryl methyl sites for hydroxylation is 1. The Morgan fingerprint density at radius 2 is 1.97 bits per heavy atom. The number of nitrogens with zero attached hydrogens (tertiary/aromatic N) is 2. The molecular formula is C21H22ClF3N4O2. The van der Waals surface area contributed by atoms with Gasteiger partial charge in [0.1, 0.15) is 5.82 Å². The Labute approximate surface area is 182 Å². The standard InChI is InChI=1S/C21H22ClF3N4O2/c1-11-3-6-17(13-4-5-15(16(22)8-13)21(23,24)25)29(10-11)20(31)19(30)28-14-7-12(2)18(26)27-9-14/h4-5,7-9,11,17H,3,6,10H2,1-2H3,(H2,26,27)(H,28,30). The largest absolute Gasteiger partial charge is 0.417 e. The number of halogens is 4. The summed E-state index contributed by atoms with van der Waals surface area (Å²) < 4.78 is 39.1. The number of likely N-dealkylation sites (tertiary alicyclic amines) is 1. The Morgan fingerprint density at radius 1 is 1.26 bits per heavy atom. The van der Waals surface area contributed by atoms with Crippen LogP contribution in [-0.4, -0.2) is 28.2 Å². The van der Waals surface area contributed by atoms with Gasteiger partial charge in [-0.2, -0.15) is 13.2 Å². The normalized spacial score (nSPS) is 19.2. The van der Waals surface area contributed by atoms with Gasteiger partial charge in [-0.15, -0.1) is 0 Å². The van der Waals surface area contributed by atoms with Gasteiger partial charge in [-0.05, 0) is 55.0 Å². The van der Waals surface area contributed by atoms with Crippen LogP contribution < -0.4 is 11.1 Å². The highest BCUT2D eigenvalue weighted by molar-refractivity contribution is 6.39. The zero-order valence-electron chi connectivity index (χ0n) is 17.0. The van der Waals surface area contributed by atoms with Crippen molar-refractivity contribution in [2.45, 2.75) is 38.9 Å². The molecule has 1 fully saturated rings. The van der Waals surface area contributed by atoms with E-state index in [0.29, 0.717) is 35.6 Å². The van der Waals surface area contributed by atoms with Gasteiger partial charge in [0, 0.05) is 6.54 Å². The predicted octanol–water partition coefficient (Wildman–Crippen LogP) is 4.58. The topological polar surface area (TPSA) is 88.3 Å². The molecule has 1 aromatic carbocycles. The van der Waals surface area contributed by atoms with Crippen molar-refractivity contribution in [3.8, 4) is 0 Å². The lowest BCUT2D eigenvalue weighted by atomic mass is 9.89. The van der Waals surface area contributed by atoms with E-state index in [0.717, 1.165) is 12.5 Å². The molecule has 0 radical (unpaired) electrons. The highest BCUT2D eigenvalue weighted by Crippen LogP contribution is 2.39. The number of rotatable bonds is 2. The van der Waals surface area contributed by atoms with Crippen molar-refractivity contribution in [2.24, 2.45) is 5.92 Å². The predicted molar refractivity (Wildman–Crippen MR) is 111 cm³/mol. The number of pyridine rings is 1. The fraction of sp³-hybridized carbons (Fsp3) is 0.381. The number of anilines is 2. The van der Waals surface area contributed by atoms with E-state index >= 15 is 0 Å². The summed E-state index contributed by atoms with van der Waals surface area (Å²) in [5.74, 6) is -1.18. The number of carbonyl (C=O) groups excluding carboxylic acids is 2. The smallest absolute Gasteiger partial charge is 0.383 e. The SMILES string of the molecule is Cc1cc(NC(=O)C(=O)N2CC(C)CCC2c2ccc(C(F)(F)F)c(Cl)c2)cnc1N. The van der Waals surface area contributed by atoms with Crippen LogP contribution in [0.1, 0.15) is 42.5 Å². The molecule has 1 saturated heterocycles. The van der Waals surface area contributed by atoms with E-state index in [1.807, 2.05) is 6.92 Å². The molecule has 2 unspecified atom stereocenters. The van der Waals surface area contributed by atoms with Crippen molar-refractivity contribution in [2.75, 3.05) is 17.6 Å². The van der Waals surface area contributed by atoms with E-state index in [4.69, 9.17) is 17.3 Å². The number of aromatic nitrogens is 1. The first-order valence-corrected chi connectivity index (χ1v) is 10.1. The molecule has 0 bridgehead atoms. The van der Waals surface area contributed by atoms with Crippen LogP contribution >= 0.6 is 11.6 Å². The van der Waals surface area contributed by atoms with Crippen molar-refractivity contribution in [1.82, 2.24) is 9.88 Å². The van der Waals surface area contributed by atoms with Crippen LogP contribution in [0, 0.1) is 12.8 Å². The first kappa shape index (κ1) is 22.9. The number of alkyl halides is 3. The van der Waals surface area contributed by atoms with Crippen LogP contribution in [0.25, 0.3) is 0 Å². The monoisotopic (exact) mass is 454 g/mol. The number of hydrogen-bond donors (Lipinski definition) is 2. The van der Waals surface area contributed by atoms with Crippen molar-refractivity contribution in [3.63, 3.8) is 0 Å². The lowest BCUT2D eigenvalue weighted by molar-refractivity contribution is -0.146. The molecule has 3 rings (SSSR count). The molecule has 31 heavy (non-hydrogen) atoms. The Bertz CT molecular complexity index is 1010. The summed E-state index contributed by atoms with van der Waals surface area (Å²) in [7, 11) is 0. The van der Waals surface area contributed by atoms with Gasteiger partial charge in [0.05, 0.1) is 28.5 Å². The summed E-state index contributed by atoms with van der Waals surface area (Å²) >= 11 is 5.87. The maximum absolute atomic E-state index is 13.0. The summed E-state index contributed by atoms with van der Waals surface area (Å²) in [4.78, 5) is 30.9. The third-order valence-corrected chi connectivity index (χ3v) is 5.65. The third kappa shape index (κ3) is 5.10.